The quantitative estimate of drug-likeness (QED) is 0.0933. The summed E-state index contributed by atoms with van der Waals surface area (Å²) in [6.45, 7) is 14.1. The van der Waals surface area contributed by atoms with Crippen LogP contribution in [0.4, 0.5) is 0 Å². The van der Waals surface area contributed by atoms with Crippen molar-refractivity contribution >= 4 is 5.91 Å². The highest BCUT2D eigenvalue weighted by Crippen LogP contribution is 2.43. The van der Waals surface area contributed by atoms with Crippen molar-refractivity contribution in [3.8, 4) is 0 Å². The molecule has 6 rings (SSSR count). The number of hydrogen-bond acceptors (Lipinski definition) is 8. The maximum Gasteiger partial charge on any atom is 0.254 e. The zero-order valence-electron chi connectivity index (χ0n) is 32.5. The molecule has 5 atom stereocenters. The molecule has 292 valence electrons. The van der Waals surface area contributed by atoms with E-state index in [9.17, 15) is 0 Å². The molecule has 2 aliphatic rings. The number of carbonyl (C=O) groups excluding carboxylic acids is 1. The Balaban J connectivity index is 1.43. The third-order valence-electron chi connectivity index (χ3n) is 10.2. The Hall–Kier alpha value is -4.19. The predicted octanol–water partition coefficient (Wildman–Crippen LogP) is 7.20. The van der Waals surface area contributed by atoms with Crippen LogP contribution in [0.5, 0.6) is 0 Å². The molecule has 2 saturated heterocycles. The van der Waals surface area contributed by atoms with Crippen LogP contribution in [0.15, 0.2) is 134 Å². The first kappa shape index (κ1) is 40.5. The Bertz CT molecular complexity index is 1740. The van der Waals surface area contributed by atoms with Crippen LogP contribution in [0.25, 0.3) is 0 Å². The fourth-order valence-electron chi connectivity index (χ4n) is 7.47. The Morgan fingerprint density at radius 1 is 0.727 bits per heavy atom. The maximum atomic E-state index is 15.1. The number of nitrogens with zero attached hydrogens (tertiary/aromatic N) is 2. The van der Waals surface area contributed by atoms with E-state index < -0.39 is 35.8 Å². The summed E-state index contributed by atoms with van der Waals surface area (Å²) in [4.78, 5) is 19.2. The van der Waals surface area contributed by atoms with Crippen molar-refractivity contribution in [3.63, 3.8) is 0 Å². The minimum absolute atomic E-state index is 0.108. The summed E-state index contributed by atoms with van der Waals surface area (Å²) >= 11 is 0. The monoisotopic (exact) mass is 748 g/mol. The first-order valence-corrected chi connectivity index (χ1v) is 19.3. The molecular weight excluding hydrogens is 693 g/mol. The van der Waals surface area contributed by atoms with Crippen molar-refractivity contribution in [1.82, 2.24) is 9.80 Å². The number of hydrogen-bond donors (Lipinski definition) is 0. The third-order valence-corrected chi connectivity index (χ3v) is 10.2. The summed E-state index contributed by atoms with van der Waals surface area (Å²) in [7, 11) is 0. The topological polar surface area (TPSA) is 78.9 Å². The van der Waals surface area contributed by atoms with Crippen LogP contribution in [0, 0.1) is 0 Å². The first-order chi connectivity index (χ1) is 26.8. The molecule has 0 saturated carbocycles. The fourth-order valence-corrected chi connectivity index (χ4v) is 7.47. The van der Waals surface area contributed by atoms with E-state index in [0.29, 0.717) is 19.7 Å². The van der Waals surface area contributed by atoms with E-state index in [1.54, 1.807) is 0 Å². The number of piperazine rings is 1. The highest BCUT2D eigenvalue weighted by atomic mass is 16.8. The Kier molecular flexibility index (Phi) is 14.4. The van der Waals surface area contributed by atoms with Crippen molar-refractivity contribution in [2.75, 3.05) is 39.3 Å². The van der Waals surface area contributed by atoms with Crippen LogP contribution in [0.2, 0.25) is 0 Å². The summed E-state index contributed by atoms with van der Waals surface area (Å²) in [5.74, 6) is -1.15. The van der Waals surface area contributed by atoms with Gasteiger partial charge in [0.15, 0.2) is 11.9 Å². The van der Waals surface area contributed by atoms with Gasteiger partial charge >= 0.3 is 0 Å². The molecule has 1 amide bonds. The molecule has 3 unspecified atom stereocenters. The second kappa shape index (κ2) is 19.6. The molecule has 0 radical (unpaired) electrons. The average Bonchev–Trinajstić information content (AvgIpc) is 3.45. The fraction of sp³-hybridized carbons (Fsp3) is 0.413. The number of amides is 1. The van der Waals surface area contributed by atoms with Gasteiger partial charge in [-0.25, -0.2) is 0 Å². The SMILES string of the molecule is C=CCN1CCN(C(=O)C(OCc2ccccc2)C(OCc2ccccc2)C(OCc2ccccc2)[C@]2(COCc3ccccc3)OC(C)(C)O[C@@H]2C)CC1. The Morgan fingerprint density at radius 2 is 1.20 bits per heavy atom. The van der Waals surface area contributed by atoms with Gasteiger partial charge in [-0.05, 0) is 43.0 Å². The molecule has 0 bridgehead atoms. The van der Waals surface area contributed by atoms with Gasteiger partial charge in [0.25, 0.3) is 5.91 Å². The van der Waals surface area contributed by atoms with Crippen LogP contribution in [0.1, 0.15) is 43.0 Å². The van der Waals surface area contributed by atoms with Crippen LogP contribution in [-0.2, 0) is 59.6 Å². The number of rotatable bonds is 19. The van der Waals surface area contributed by atoms with Gasteiger partial charge in [-0.1, -0.05) is 127 Å². The van der Waals surface area contributed by atoms with E-state index in [1.807, 2.05) is 153 Å². The molecule has 4 aromatic rings. The molecule has 9 heteroatoms. The van der Waals surface area contributed by atoms with Gasteiger partial charge in [-0.3, -0.25) is 9.69 Å². The summed E-state index contributed by atoms with van der Waals surface area (Å²) in [5.41, 5.74) is 2.67. The van der Waals surface area contributed by atoms with Crippen molar-refractivity contribution in [1.29, 1.82) is 0 Å². The number of ether oxygens (including phenoxy) is 6. The van der Waals surface area contributed by atoms with Gasteiger partial charge in [0.1, 0.15) is 17.8 Å². The van der Waals surface area contributed by atoms with E-state index in [1.165, 1.54) is 0 Å². The Labute approximate surface area is 326 Å². The minimum atomic E-state index is -1.22. The average molecular weight is 749 g/mol. The molecule has 0 aromatic heterocycles. The van der Waals surface area contributed by atoms with Gasteiger partial charge in [0.05, 0.1) is 39.1 Å². The lowest BCUT2D eigenvalue weighted by atomic mass is 9.85. The molecule has 0 spiro atoms. The zero-order chi connectivity index (χ0) is 38.5. The molecular formula is C46H56N2O7. The molecule has 2 fully saturated rings. The molecule has 4 aromatic carbocycles. The summed E-state index contributed by atoms with van der Waals surface area (Å²) in [6, 6.07) is 39.9. The molecule has 0 N–H and O–H groups in total. The highest BCUT2D eigenvalue weighted by molar-refractivity contribution is 5.82. The van der Waals surface area contributed by atoms with Crippen molar-refractivity contribution < 1.29 is 33.2 Å². The minimum Gasteiger partial charge on any atom is -0.374 e. The molecule has 2 heterocycles. The molecule has 9 nitrogen and oxygen atoms in total. The largest absolute Gasteiger partial charge is 0.374 e. The molecule has 2 aliphatic heterocycles. The van der Waals surface area contributed by atoms with E-state index >= 15 is 4.79 Å². The van der Waals surface area contributed by atoms with Crippen LogP contribution in [-0.4, -0.2) is 90.8 Å². The van der Waals surface area contributed by atoms with E-state index in [0.717, 1.165) is 41.9 Å². The van der Waals surface area contributed by atoms with E-state index in [4.69, 9.17) is 28.4 Å². The van der Waals surface area contributed by atoms with Crippen LogP contribution < -0.4 is 0 Å². The normalized spacial score (nSPS) is 21.5. The van der Waals surface area contributed by atoms with E-state index in [-0.39, 0.29) is 32.3 Å². The van der Waals surface area contributed by atoms with Crippen LogP contribution >= 0.6 is 0 Å². The van der Waals surface area contributed by atoms with Gasteiger partial charge < -0.3 is 33.3 Å². The highest BCUT2D eigenvalue weighted by Gasteiger charge is 2.61. The summed E-state index contributed by atoms with van der Waals surface area (Å²) < 4.78 is 41.0. The standard InChI is InChI=1S/C46H56N2O7/c1-5-26-47-27-29-48(30-28-47)44(49)42(52-33-39-22-14-8-15-23-39)41(51-32-38-20-12-7-13-21-38)43(53-34-40-24-16-9-17-25-40)46(36(2)54-45(3,4)55-46)35-50-31-37-18-10-6-11-19-37/h5-25,36,41-43H,1,26-35H2,2-4H3/t36-,41?,42?,43?,46-/m1/s1. The second-order valence-corrected chi connectivity index (χ2v) is 14.8. The summed E-state index contributed by atoms with van der Waals surface area (Å²) in [6.07, 6.45) is -1.53. The lowest BCUT2D eigenvalue weighted by Crippen LogP contribution is -2.64. The van der Waals surface area contributed by atoms with Gasteiger partial charge in [-0.15, -0.1) is 6.58 Å². The Morgan fingerprint density at radius 3 is 1.67 bits per heavy atom. The molecule has 0 aliphatic carbocycles. The third kappa shape index (κ3) is 11.0. The van der Waals surface area contributed by atoms with E-state index in [2.05, 4.69) is 11.5 Å². The summed E-state index contributed by atoms with van der Waals surface area (Å²) in [5, 5.41) is 0. The van der Waals surface area contributed by atoms with Crippen molar-refractivity contribution in [2.24, 2.45) is 0 Å². The number of carbonyl (C=O) groups is 1. The lowest BCUT2D eigenvalue weighted by molar-refractivity contribution is -0.250. The smallest absolute Gasteiger partial charge is 0.254 e. The predicted molar refractivity (Wildman–Crippen MR) is 213 cm³/mol. The van der Waals surface area contributed by atoms with Gasteiger partial charge in [0, 0.05) is 32.7 Å². The van der Waals surface area contributed by atoms with Crippen molar-refractivity contribution in [2.45, 2.75) is 83.0 Å². The first-order valence-electron chi connectivity index (χ1n) is 19.3. The lowest BCUT2D eigenvalue weighted by Gasteiger charge is -2.45. The van der Waals surface area contributed by atoms with Gasteiger partial charge in [0.2, 0.25) is 0 Å². The van der Waals surface area contributed by atoms with Crippen LogP contribution in [0.3, 0.4) is 0 Å². The number of benzene rings is 4. The molecule has 55 heavy (non-hydrogen) atoms. The zero-order valence-corrected chi connectivity index (χ0v) is 32.5. The maximum absolute atomic E-state index is 15.1. The van der Waals surface area contributed by atoms with Crippen molar-refractivity contribution in [3.05, 3.63) is 156 Å². The second-order valence-electron chi connectivity index (χ2n) is 14.8. The van der Waals surface area contributed by atoms with Gasteiger partial charge in [-0.2, -0.15) is 0 Å².